The molecule has 0 aliphatic carbocycles. The van der Waals surface area contributed by atoms with Crippen LogP contribution >= 0.6 is 0 Å². The minimum absolute atomic E-state index is 0.306. The van der Waals surface area contributed by atoms with Crippen molar-refractivity contribution in [1.29, 1.82) is 0 Å². The molecule has 2 heteroatoms. The number of hydrogen-bond donors (Lipinski definition) is 2. The number of aliphatic hydroxyl groups excluding tert-OH is 1. The molecule has 0 spiro atoms. The second kappa shape index (κ2) is 6.86. The van der Waals surface area contributed by atoms with Crippen molar-refractivity contribution in [3.8, 4) is 11.8 Å². The van der Waals surface area contributed by atoms with E-state index < -0.39 is 11.7 Å². The Morgan fingerprint density at radius 3 is 2.14 bits per heavy atom. The van der Waals surface area contributed by atoms with E-state index in [-0.39, 0.29) is 0 Å². The summed E-state index contributed by atoms with van der Waals surface area (Å²) in [5.41, 5.74) is -0.965. The van der Waals surface area contributed by atoms with Gasteiger partial charge in [-0.05, 0) is 12.8 Å². The molecule has 2 nitrogen and oxygen atoms in total. The standard InChI is InChI=1S/C12H21O2/c1-4-7-8-11(13)12(14,9-5-2)10-6-3/h11,13-14H,1,5-6,8-10H2,2-3H3. The normalized spacial score (nSPS) is 13.2. The Labute approximate surface area is 87.3 Å². The molecule has 14 heavy (non-hydrogen) atoms. The SMILES string of the molecule is [CH2]C#CCC(O)C(O)(CCC)CCC. The summed E-state index contributed by atoms with van der Waals surface area (Å²) in [4.78, 5) is 0. The van der Waals surface area contributed by atoms with Crippen LogP contribution in [0.3, 0.4) is 0 Å². The second-order valence-corrected chi connectivity index (χ2v) is 3.68. The molecule has 0 saturated heterocycles. The van der Waals surface area contributed by atoms with Gasteiger partial charge in [-0.1, -0.05) is 26.7 Å². The predicted molar refractivity (Wildman–Crippen MR) is 58.5 cm³/mol. The van der Waals surface area contributed by atoms with E-state index in [4.69, 9.17) is 0 Å². The Bertz CT molecular complexity index is 194. The van der Waals surface area contributed by atoms with Gasteiger partial charge in [0.25, 0.3) is 0 Å². The Morgan fingerprint density at radius 2 is 1.79 bits per heavy atom. The Morgan fingerprint density at radius 1 is 1.29 bits per heavy atom. The minimum Gasteiger partial charge on any atom is -0.389 e. The van der Waals surface area contributed by atoms with Gasteiger partial charge in [0.1, 0.15) is 0 Å². The molecule has 2 N–H and O–H groups in total. The summed E-state index contributed by atoms with van der Waals surface area (Å²) < 4.78 is 0. The molecule has 1 atom stereocenters. The van der Waals surface area contributed by atoms with E-state index in [1.807, 2.05) is 13.8 Å². The summed E-state index contributed by atoms with van der Waals surface area (Å²) in [5, 5.41) is 19.9. The van der Waals surface area contributed by atoms with Crippen LogP contribution in [0.15, 0.2) is 0 Å². The summed E-state index contributed by atoms with van der Waals surface area (Å²) in [5.74, 6) is 5.18. The van der Waals surface area contributed by atoms with E-state index >= 15 is 0 Å². The van der Waals surface area contributed by atoms with Crippen molar-refractivity contribution in [2.24, 2.45) is 0 Å². The van der Waals surface area contributed by atoms with Gasteiger partial charge in [-0.3, -0.25) is 0 Å². The molecule has 0 saturated carbocycles. The van der Waals surface area contributed by atoms with E-state index in [0.717, 1.165) is 12.8 Å². The smallest absolute Gasteiger partial charge is 0.0935 e. The average Bonchev–Trinajstić information content (AvgIpc) is 2.15. The van der Waals surface area contributed by atoms with Crippen LogP contribution in [-0.2, 0) is 0 Å². The highest BCUT2D eigenvalue weighted by molar-refractivity contribution is 5.05. The van der Waals surface area contributed by atoms with Gasteiger partial charge in [0.05, 0.1) is 11.7 Å². The summed E-state index contributed by atoms with van der Waals surface area (Å²) in [7, 11) is 0. The average molecular weight is 197 g/mol. The molecule has 0 aromatic heterocycles. The minimum atomic E-state index is -0.965. The maximum Gasteiger partial charge on any atom is 0.0935 e. The van der Waals surface area contributed by atoms with Crippen LogP contribution in [0.25, 0.3) is 0 Å². The third-order valence-corrected chi connectivity index (χ3v) is 2.41. The maximum atomic E-state index is 10.2. The lowest BCUT2D eigenvalue weighted by atomic mass is 9.85. The fraction of sp³-hybridized carbons (Fsp3) is 0.750. The van der Waals surface area contributed by atoms with Crippen LogP contribution in [0.4, 0.5) is 0 Å². The van der Waals surface area contributed by atoms with Crippen LogP contribution < -0.4 is 0 Å². The molecular weight excluding hydrogens is 176 g/mol. The van der Waals surface area contributed by atoms with E-state index in [9.17, 15) is 10.2 Å². The van der Waals surface area contributed by atoms with E-state index in [0.29, 0.717) is 19.3 Å². The summed E-state index contributed by atoms with van der Waals surface area (Å²) in [6.45, 7) is 7.38. The van der Waals surface area contributed by atoms with Gasteiger partial charge in [-0.2, -0.15) is 0 Å². The van der Waals surface area contributed by atoms with E-state index in [1.165, 1.54) is 0 Å². The molecule has 0 aromatic carbocycles. The first-order chi connectivity index (χ1) is 6.60. The fourth-order valence-corrected chi connectivity index (χ4v) is 1.68. The first-order valence-electron chi connectivity index (χ1n) is 5.26. The first kappa shape index (κ1) is 13.5. The van der Waals surface area contributed by atoms with Crippen molar-refractivity contribution in [2.45, 2.75) is 57.7 Å². The zero-order valence-corrected chi connectivity index (χ0v) is 9.21. The monoisotopic (exact) mass is 197 g/mol. The molecule has 0 aromatic rings. The third-order valence-electron chi connectivity index (χ3n) is 2.41. The summed E-state index contributed by atoms with van der Waals surface area (Å²) in [6.07, 6.45) is 2.54. The molecular formula is C12H21O2. The van der Waals surface area contributed by atoms with Crippen LogP contribution in [0.5, 0.6) is 0 Å². The van der Waals surface area contributed by atoms with E-state index in [2.05, 4.69) is 18.8 Å². The highest BCUT2D eigenvalue weighted by Gasteiger charge is 2.32. The number of hydrogen-bond acceptors (Lipinski definition) is 2. The first-order valence-corrected chi connectivity index (χ1v) is 5.26. The van der Waals surface area contributed by atoms with Crippen LogP contribution in [0.1, 0.15) is 46.0 Å². The zero-order valence-electron chi connectivity index (χ0n) is 9.21. The second-order valence-electron chi connectivity index (χ2n) is 3.68. The Balaban J connectivity index is 4.34. The molecule has 0 bridgehead atoms. The summed E-state index contributed by atoms with van der Waals surface area (Å²) >= 11 is 0. The Hall–Kier alpha value is -0.520. The fourth-order valence-electron chi connectivity index (χ4n) is 1.68. The molecule has 81 valence electrons. The van der Waals surface area contributed by atoms with Crippen molar-refractivity contribution >= 4 is 0 Å². The van der Waals surface area contributed by atoms with Crippen LogP contribution in [0.2, 0.25) is 0 Å². The third kappa shape index (κ3) is 4.13. The molecule has 1 radical (unpaired) electrons. The van der Waals surface area contributed by atoms with Gasteiger partial charge in [0.15, 0.2) is 0 Å². The van der Waals surface area contributed by atoms with Gasteiger partial charge < -0.3 is 10.2 Å². The Kier molecular flexibility index (Phi) is 6.61. The molecule has 0 aliphatic heterocycles. The largest absolute Gasteiger partial charge is 0.389 e. The molecule has 0 heterocycles. The predicted octanol–water partition coefficient (Wildman–Crippen LogP) is 1.91. The highest BCUT2D eigenvalue weighted by Crippen LogP contribution is 2.25. The lowest BCUT2D eigenvalue weighted by Gasteiger charge is -2.31. The van der Waals surface area contributed by atoms with Crippen molar-refractivity contribution in [3.05, 3.63) is 6.92 Å². The lowest BCUT2D eigenvalue weighted by molar-refractivity contribution is -0.0838. The molecule has 1 unspecified atom stereocenters. The van der Waals surface area contributed by atoms with Gasteiger partial charge in [0.2, 0.25) is 0 Å². The van der Waals surface area contributed by atoms with Crippen LogP contribution in [-0.4, -0.2) is 21.9 Å². The highest BCUT2D eigenvalue weighted by atomic mass is 16.3. The topological polar surface area (TPSA) is 40.5 Å². The zero-order chi connectivity index (χ0) is 11.0. The number of aliphatic hydroxyl groups is 2. The van der Waals surface area contributed by atoms with Gasteiger partial charge >= 0.3 is 0 Å². The van der Waals surface area contributed by atoms with Crippen LogP contribution in [0, 0.1) is 18.8 Å². The lowest BCUT2D eigenvalue weighted by Crippen LogP contribution is -2.41. The molecule has 0 aliphatic rings. The molecule has 0 amide bonds. The molecule has 0 rings (SSSR count). The van der Waals surface area contributed by atoms with Crippen molar-refractivity contribution in [2.75, 3.05) is 0 Å². The number of rotatable bonds is 6. The summed E-state index contributed by atoms with van der Waals surface area (Å²) in [6, 6.07) is 0. The van der Waals surface area contributed by atoms with Crippen molar-refractivity contribution < 1.29 is 10.2 Å². The maximum absolute atomic E-state index is 10.2. The quantitative estimate of drug-likeness (QED) is 0.638. The van der Waals surface area contributed by atoms with Gasteiger partial charge in [0, 0.05) is 13.3 Å². The van der Waals surface area contributed by atoms with Crippen molar-refractivity contribution in [3.63, 3.8) is 0 Å². The molecule has 0 fully saturated rings. The van der Waals surface area contributed by atoms with Gasteiger partial charge in [-0.15, -0.1) is 11.8 Å². The van der Waals surface area contributed by atoms with Crippen molar-refractivity contribution in [1.82, 2.24) is 0 Å². The van der Waals surface area contributed by atoms with Gasteiger partial charge in [-0.25, -0.2) is 0 Å². The van der Waals surface area contributed by atoms with E-state index in [1.54, 1.807) is 0 Å².